The molecule has 1 rings (SSSR count). The van der Waals surface area contributed by atoms with Crippen LogP contribution in [0.25, 0.3) is 0 Å². The predicted molar refractivity (Wildman–Crippen MR) is 113 cm³/mol. The maximum absolute atomic E-state index is 11.7. The summed E-state index contributed by atoms with van der Waals surface area (Å²) in [7, 11) is -1.45. The molecule has 0 spiro atoms. The second-order valence-corrected chi connectivity index (χ2v) is 9.52. The molecule has 150 valence electrons. The summed E-state index contributed by atoms with van der Waals surface area (Å²) in [5, 5.41) is 6.24. The zero-order valence-corrected chi connectivity index (χ0v) is 19.0. The van der Waals surface area contributed by atoms with Gasteiger partial charge in [-0.3, -0.25) is 4.99 Å². The fourth-order valence-corrected chi connectivity index (χ4v) is 2.53. The lowest BCUT2D eigenvalue weighted by Gasteiger charge is -2.24. The van der Waals surface area contributed by atoms with E-state index in [1.807, 2.05) is 0 Å². The normalized spacial score (nSPS) is 17.0. The van der Waals surface area contributed by atoms with Crippen molar-refractivity contribution in [2.24, 2.45) is 10.9 Å². The number of aliphatic imine (C=N–C) groups is 1. The van der Waals surface area contributed by atoms with Crippen molar-refractivity contribution in [3.8, 4) is 0 Å². The van der Waals surface area contributed by atoms with E-state index in [-0.39, 0.29) is 24.0 Å². The minimum atomic E-state index is -3.12. The first-order valence-electron chi connectivity index (χ1n) is 8.56. The maximum Gasteiger partial charge on any atom is 0.191 e. The van der Waals surface area contributed by atoms with Crippen molar-refractivity contribution in [1.82, 2.24) is 10.6 Å². The van der Waals surface area contributed by atoms with Gasteiger partial charge < -0.3 is 20.1 Å². The summed E-state index contributed by atoms with van der Waals surface area (Å²) in [5.41, 5.74) is 0. The average Bonchev–Trinajstić information content (AvgIpc) is 2.53. The third kappa shape index (κ3) is 9.95. The molecule has 0 aromatic rings. The van der Waals surface area contributed by atoms with Gasteiger partial charge in [-0.15, -0.1) is 24.0 Å². The number of sulfone groups is 1. The molecule has 0 radical (unpaired) electrons. The van der Waals surface area contributed by atoms with Crippen LogP contribution in [0.1, 0.15) is 33.1 Å². The van der Waals surface area contributed by atoms with Crippen molar-refractivity contribution in [2.45, 2.75) is 37.9 Å². The minimum Gasteiger partial charge on any atom is -0.381 e. The van der Waals surface area contributed by atoms with Gasteiger partial charge in [-0.1, -0.05) is 0 Å². The Labute approximate surface area is 169 Å². The van der Waals surface area contributed by atoms with Crippen LogP contribution in [-0.2, 0) is 19.3 Å². The molecule has 1 aliphatic heterocycles. The molecule has 0 unspecified atom stereocenters. The zero-order valence-electron chi connectivity index (χ0n) is 15.8. The summed E-state index contributed by atoms with van der Waals surface area (Å²) in [6.45, 7) is 7.65. The van der Waals surface area contributed by atoms with Gasteiger partial charge in [-0.05, 0) is 39.0 Å². The highest BCUT2D eigenvalue weighted by molar-refractivity contribution is 14.0. The van der Waals surface area contributed by atoms with Gasteiger partial charge in [0.1, 0.15) is 0 Å². The number of nitrogens with one attached hydrogen (secondary N) is 2. The molecule has 0 bridgehead atoms. The second-order valence-electron chi connectivity index (χ2n) is 6.87. The molecule has 1 heterocycles. The zero-order chi connectivity index (χ0) is 18.1. The lowest BCUT2D eigenvalue weighted by molar-refractivity contribution is 0.0203. The third-order valence-corrected chi connectivity index (χ3v) is 6.51. The molecule has 7 nitrogen and oxygen atoms in total. The van der Waals surface area contributed by atoms with E-state index < -0.39 is 14.6 Å². The molecule has 0 aromatic carbocycles. The second kappa shape index (κ2) is 12.3. The Morgan fingerprint density at radius 3 is 2.48 bits per heavy atom. The van der Waals surface area contributed by atoms with E-state index in [9.17, 15) is 8.42 Å². The Morgan fingerprint density at radius 1 is 1.28 bits per heavy atom. The largest absolute Gasteiger partial charge is 0.381 e. The van der Waals surface area contributed by atoms with E-state index in [4.69, 9.17) is 9.47 Å². The van der Waals surface area contributed by atoms with Crippen LogP contribution in [0.5, 0.6) is 0 Å². The maximum atomic E-state index is 11.7. The molecule has 0 aliphatic carbocycles. The Bertz CT molecular complexity index is 492. The van der Waals surface area contributed by atoms with Gasteiger partial charge in [0.25, 0.3) is 0 Å². The third-order valence-electron chi connectivity index (χ3n) is 4.36. The van der Waals surface area contributed by atoms with E-state index in [0.717, 1.165) is 45.6 Å². The number of nitrogens with zero attached hydrogens (tertiary/aromatic N) is 1. The lowest BCUT2D eigenvalue weighted by Crippen LogP contribution is -2.47. The molecule has 0 atom stereocenters. The molecule has 0 aromatic heterocycles. The summed E-state index contributed by atoms with van der Waals surface area (Å²) in [4.78, 5) is 4.11. The topological polar surface area (TPSA) is 89.0 Å². The molecule has 1 saturated heterocycles. The molecular formula is C16H34IN3O4S. The Hall–Kier alpha value is -0.130. The number of guanidine groups is 1. The van der Waals surface area contributed by atoms with E-state index in [0.29, 0.717) is 25.0 Å². The van der Waals surface area contributed by atoms with Crippen LogP contribution in [0.2, 0.25) is 0 Å². The highest BCUT2D eigenvalue weighted by atomic mass is 127. The van der Waals surface area contributed by atoms with Crippen molar-refractivity contribution < 1.29 is 17.9 Å². The molecule has 1 aliphatic rings. The van der Waals surface area contributed by atoms with Crippen molar-refractivity contribution in [1.29, 1.82) is 0 Å². The average molecular weight is 491 g/mol. The van der Waals surface area contributed by atoms with Crippen molar-refractivity contribution >= 4 is 39.8 Å². The highest BCUT2D eigenvalue weighted by Crippen LogP contribution is 2.14. The van der Waals surface area contributed by atoms with Gasteiger partial charge in [0.05, 0.1) is 4.75 Å². The Kier molecular flexibility index (Phi) is 12.2. The van der Waals surface area contributed by atoms with Gasteiger partial charge >= 0.3 is 0 Å². The Balaban J connectivity index is 0.00000576. The molecule has 9 heteroatoms. The molecule has 0 amide bonds. The van der Waals surface area contributed by atoms with Gasteiger partial charge in [0.15, 0.2) is 15.8 Å². The first-order valence-corrected chi connectivity index (χ1v) is 10.4. The van der Waals surface area contributed by atoms with Crippen LogP contribution >= 0.6 is 24.0 Å². The first kappa shape index (κ1) is 24.9. The molecule has 2 N–H and O–H groups in total. The lowest BCUT2D eigenvalue weighted by atomic mass is 10.0. The van der Waals surface area contributed by atoms with Gasteiger partial charge in [0.2, 0.25) is 0 Å². The summed E-state index contributed by atoms with van der Waals surface area (Å²) < 4.78 is 33.6. The summed E-state index contributed by atoms with van der Waals surface area (Å²) >= 11 is 0. The molecular weight excluding hydrogens is 457 g/mol. The van der Waals surface area contributed by atoms with Crippen LogP contribution in [0.15, 0.2) is 4.99 Å². The number of hydrogen-bond acceptors (Lipinski definition) is 5. The van der Waals surface area contributed by atoms with Crippen LogP contribution in [-0.4, -0.2) is 71.9 Å². The fraction of sp³-hybridized carbons (Fsp3) is 0.938. The van der Waals surface area contributed by atoms with Gasteiger partial charge in [0, 0.05) is 52.8 Å². The Morgan fingerprint density at radius 2 is 1.92 bits per heavy atom. The SMILES string of the molecule is CN=C(NCCCOCC1CCOCC1)NCC(C)(C)S(C)(=O)=O.I. The number of ether oxygens (including phenoxy) is 2. The van der Waals surface area contributed by atoms with Crippen molar-refractivity contribution in [3.63, 3.8) is 0 Å². The highest BCUT2D eigenvalue weighted by Gasteiger charge is 2.30. The van der Waals surface area contributed by atoms with Crippen molar-refractivity contribution in [2.75, 3.05) is 52.8 Å². The summed E-state index contributed by atoms with van der Waals surface area (Å²) in [6.07, 6.45) is 4.30. The summed E-state index contributed by atoms with van der Waals surface area (Å²) in [6, 6.07) is 0. The molecule has 25 heavy (non-hydrogen) atoms. The fourth-order valence-electron chi connectivity index (χ4n) is 2.19. The minimum absolute atomic E-state index is 0. The number of hydrogen-bond donors (Lipinski definition) is 2. The van der Waals surface area contributed by atoms with Gasteiger partial charge in [-0.2, -0.15) is 0 Å². The van der Waals surface area contributed by atoms with E-state index >= 15 is 0 Å². The number of halogens is 1. The summed E-state index contributed by atoms with van der Waals surface area (Å²) in [5.74, 6) is 1.23. The van der Waals surface area contributed by atoms with Crippen LogP contribution in [0.4, 0.5) is 0 Å². The van der Waals surface area contributed by atoms with Crippen LogP contribution in [0, 0.1) is 5.92 Å². The van der Waals surface area contributed by atoms with E-state index in [1.54, 1.807) is 20.9 Å². The predicted octanol–water partition coefficient (Wildman–Crippen LogP) is 1.43. The van der Waals surface area contributed by atoms with Gasteiger partial charge in [-0.25, -0.2) is 8.42 Å². The van der Waals surface area contributed by atoms with E-state index in [2.05, 4.69) is 15.6 Å². The monoisotopic (exact) mass is 491 g/mol. The van der Waals surface area contributed by atoms with Crippen LogP contribution < -0.4 is 10.6 Å². The first-order chi connectivity index (χ1) is 11.3. The quantitative estimate of drug-likeness (QED) is 0.220. The standard InChI is InChI=1S/C16H33N3O4S.HI/c1-16(2,24(4,20)21)13-19-15(17-3)18-8-5-9-23-12-14-6-10-22-11-7-14;/h14H,5-13H2,1-4H3,(H2,17,18,19);1H. The molecule has 1 fully saturated rings. The smallest absolute Gasteiger partial charge is 0.191 e. The molecule has 0 saturated carbocycles. The van der Waals surface area contributed by atoms with Crippen molar-refractivity contribution in [3.05, 3.63) is 0 Å². The van der Waals surface area contributed by atoms with Crippen LogP contribution in [0.3, 0.4) is 0 Å². The number of rotatable bonds is 9. The van der Waals surface area contributed by atoms with E-state index in [1.165, 1.54) is 6.26 Å².